The molecule has 1 aromatic heterocycles. The lowest BCUT2D eigenvalue weighted by molar-refractivity contribution is 0.0929. The van der Waals surface area contributed by atoms with Crippen LogP contribution in [0.5, 0.6) is 0 Å². The molecule has 0 aliphatic heterocycles. The van der Waals surface area contributed by atoms with Crippen LogP contribution in [0.2, 0.25) is 0 Å². The van der Waals surface area contributed by atoms with Crippen molar-refractivity contribution in [2.45, 2.75) is 25.3 Å². The second-order valence-electron chi connectivity index (χ2n) is 6.17. The molecule has 1 aliphatic carbocycles. The third-order valence-electron chi connectivity index (χ3n) is 4.61. The molecule has 1 atom stereocenters. The molecule has 1 amide bonds. The first-order valence-electron chi connectivity index (χ1n) is 7.96. The van der Waals surface area contributed by atoms with Crippen molar-refractivity contribution in [3.8, 4) is 0 Å². The summed E-state index contributed by atoms with van der Waals surface area (Å²) in [7, 11) is 0. The Labute approximate surface area is 137 Å². The second-order valence-corrected chi connectivity index (χ2v) is 6.17. The zero-order valence-corrected chi connectivity index (χ0v) is 12.9. The Balaban J connectivity index is 1.53. The summed E-state index contributed by atoms with van der Waals surface area (Å²) in [6.07, 6.45) is 2.33. The maximum atomic E-state index is 13.7. The Morgan fingerprint density at radius 1 is 1.17 bits per heavy atom. The van der Waals surface area contributed by atoms with Crippen LogP contribution in [0.1, 0.15) is 28.0 Å². The van der Waals surface area contributed by atoms with Crippen molar-refractivity contribution in [1.29, 1.82) is 0 Å². The van der Waals surface area contributed by atoms with Gasteiger partial charge in [0.2, 0.25) is 0 Å². The molecule has 2 aromatic carbocycles. The summed E-state index contributed by atoms with van der Waals surface area (Å²) in [6, 6.07) is 11.1. The number of benzene rings is 2. The van der Waals surface area contributed by atoms with Crippen LogP contribution in [0.25, 0.3) is 10.9 Å². The van der Waals surface area contributed by atoms with E-state index < -0.39 is 17.5 Å². The molecule has 4 rings (SSSR count). The molecule has 24 heavy (non-hydrogen) atoms. The average molecular weight is 326 g/mol. The third kappa shape index (κ3) is 2.56. The van der Waals surface area contributed by atoms with Crippen LogP contribution in [0.4, 0.5) is 8.78 Å². The molecule has 2 N–H and O–H groups in total. The first kappa shape index (κ1) is 14.9. The number of halogens is 2. The van der Waals surface area contributed by atoms with Crippen LogP contribution < -0.4 is 5.32 Å². The standard InChI is InChI=1S/C19H16F2N2O/c20-11-5-7-15(16(21)9-11)19(24)22-12-6-8-14-13-3-1-2-4-17(13)23-18(14)10-12/h1-5,7,9,12,23H,6,8,10H2,(H,22,24). The van der Waals surface area contributed by atoms with Gasteiger partial charge in [-0.3, -0.25) is 4.79 Å². The van der Waals surface area contributed by atoms with Gasteiger partial charge in [-0.25, -0.2) is 8.78 Å². The summed E-state index contributed by atoms with van der Waals surface area (Å²) < 4.78 is 26.7. The zero-order chi connectivity index (χ0) is 16.7. The molecule has 3 nitrogen and oxygen atoms in total. The normalized spacial score (nSPS) is 16.8. The van der Waals surface area contributed by atoms with Gasteiger partial charge in [-0.05, 0) is 36.6 Å². The van der Waals surface area contributed by atoms with Crippen LogP contribution in [0.3, 0.4) is 0 Å². The summed E-state index contributed by atoms with van der Waals surface area (Å²) in [5.41, 5.74) is 3.38. The van der Waals surface area contributed by atoms with Gasteiger partial charge in [-0.2, -0.15) is 0 Å². The van der Waals surface area contributed by atoms with Gasteiger partial charge < -0.3 is 10.3 Å². The van der Waals surface area contributed by atoms with Crippen molar-refractivity contribution in [2.24, 2.45) is 0 Å². The largest absolute Gasteiger partial charge is 0.358 e. The molecule has 122 valence electrons. The fourth-order valence-corrected chi connectivity index (χ4v) is 3.44. The molecule has 0 fully saturated rings. The van der Waals surface area contributed by atoms with Crippen molar-refractivity contribution in [2.75, 3.05) is 0 Å². The molecule has 1 aliphatic rings. The number of H-pyrrole nitrogens is 1. The van der Waals surface area contributed by atoms with Crippen LogP contribution in [-0.4, -0.2) is 16.9 Å². The van der Waals surface area contributed by atoms with E-state index in [4.69, 9.17) is 0 Å². The zero-order valence-electron chi connectivity index (χ0n) is 12.9. The number of rotatable bonds is 2. The predicted octanol–water partition coefficient (Wildman–Crippen LogP) is 3.73. The lowest BCUT2D eigenvalue weighted by Crippen LogP contribution is -2.39. The number of hydrogen-bond donors (Lipinski definition) is 2. The number of carbonyl (C=O) groups is 1. The van der Waals surface area contributed by atoms with E-state index >= 15 is 0 Å². The maximum Gasteiger partial charge on any atom is 0.254 e. The quantitative estimate of drug-likeness (QED) is 0.740. The first-order chi connectivity index (χ1) is 11.6. The molecule has 3 aromatic rings. The molecule has 5 heteroatoms. The molecule has 0 saturated heterocycles. The van der Waals surface area contributed by atoms with Gasteiger partial charge in [-0.1, -0.05) is 18.2 Å². The van der Waals surface area contributed by atoms with E-state index in [-0.39, 0.29) is 11.6 Å². The monoisotopic (exact) mass is 326 g/mol. The van der Waals surface area contributed by atoms with Crippen molar-refractivity contribution in [3.63, 3.8) is 0 Å². The van der Waals surface area contributed by atoms with Gasteiger partial charge in [0, 0.05) is 35.1 Å². The number of para-hydroxylation sites is 1. The lowest BCUT2D eigenvalue weighted by Gasteiger charge is -2.23. The van der Waals surface area contributed by atoms with Gasteiger partial charge in [0.1, 0.15) is 11.6 Å². The van der Waals surface area contributed by atoms with E-state index in [1.165, 1.54) is 17.0 Å². The molecule has 1 heterocycles. The number of amides is 1. The van der Waals surface area contributed by atoms with Crippen molar-refractivity contribution >= 4 is 16.8 Å². The van der Waals surface area contributed by atoms with Gasteiger partial charge in [0.05, 0.1) is 5.56 Å². The minimum absolute atomic E-state index is 0.0671. The number of aromatic amines is 1. The Morgan fingerprint density at radius 2 is 2.00 bits per heavy atom. The van der Waals surface area contributed by atoms with Crippen molar-refractivity contribution in [1.82, 2.24) is 10.3 Å². The Bertz CT molecular complexity index is 932. The Hall–Kier alpha value is -2.69. The number of fused-ring (bicyclic) bond motifs is 3. The molecule has 0 radical (unpaired) electrons. The highest BCUT2D eigenvalue weighted by Gasteiger charge is 2.24. The topological polar surface area (TPSA) is 44.9 Å². The summed E-state index contributed by atoms with van der Waals surface area (Å²) in [5, 5.41) is 4.08. The first-order valence-corrected chi connectivity index (χ1v) is 7.96. The number of carbonyl (C=O) groups excluding carboxylic acids is 1. The second kappa shape index (κ2) is 5.74. The van der Waals surface area contributed by atoms with Crippen LogP contribution in [0, 0.1) is 11.6 Å². The third-order valence-corrected chi connectivity index (χ3v) is 4.61. The number of hydrogen-bond acceptors (Lipinski definition) is 1. The van der Waals surface area contributed by atoms with Gasteiger partial charge in [0.15, 0.2) is 0 Å². The minimum Gasteiger partial charge on any atom is -0.358 e. The van der Waals surface area contributed by atoms with E-state index in [1.807, 2.05) is 18.2 Å². The fraction of sp³-hybridized carbons (Fsp3) is 0.211. The number of aromatic nitrogens is 1. The molecular weight excluding hydrogens is 310 g/mol. The van der Waals surface area contributed by atoms with Crippen molar-refractivity contribution < 1.29 is 13.6 Å². The smallest absolute Gasteiger partial charge is 0.254 e. The molecule has 1 unspecified atom stereocenters. The summed E-state index contributed by atoms with van der Waals surface area (Å²) in [6.45, 7) is 0. The minimum atomic E-state index is -0.838. The van der Waals surface area contributed by atoms with Gasteiger partial charge in [-0.15, -0.1) is 0 Å². The van der Waals surface area contributed by atoms with Crippen LogP contribution in [0.15, 0.2) is 42.5 Å². The Kier molecular flexibility index (Phi) is 3.56. The summed E-state index contributed by atoms with van der Waals surface area (Å²) >= 11 is 0. The average Bonchev–Trinajstić information content (AvgIpc) is 2.92. The van der Waals surface area contributed by atoms with E-state index in [0.29, 0.717) is 6.42 Å². The SMILES string of the molecule is O=C(NC1CCc2c([nH]c3ccccc23)C1)c1ccc(F)cc1F. The predicted molar refractivity (Wildman–Crippen MR) is 87.9 cm³/mol. The highest BCUT2D eigenvalue weighted by atomic mass is 19.1. The molecule has 0 bridgehead atoms. The van der Waals surface area contributed by atoms with Gasteiger partial charge in [0.25, 0.3) is 5.91 Å². The Morgan fingerprint density at radius 3 is 2.83 bits per heavy atom. The number of aryl methyl sites for hydroxylation is 1. The summed E-state index contributed by atoms with van der Waals surface area (Å²) in [5.74, 6) is -2.03. The van der Waals surface area contributed by atoms with E-state index in [0.717, 1.165) is 36.2 Å². The van der Waals surface area contributed by atoms with E-state index in [1.54, 1.807) is 0 Å². The molecular formula is C19H16F2N2O. The highest BCUT2D eigenvalue weighted by Crippen LogP contribution is 2.29. The van der Waals surface area contributed by atoms with Crippen LogP contribution >= 0.6 is 0 Å². The lowest BCUT2D eigenvalue weighted by atomic mass is 9.91. The summed E-state index contributed by atoms with van der Waals surface area (Å²) in [4.78, 5) is 15.6. The van der Waals surface area contributed by atoms with Crippen molar-refractivity contribution in [3.05, 3.63) is 70.9 Å². The molecule has 0 spiro atoms. The highest BCUT2D eigenvalue weighted by molar-refractivity contribution is 5.94. The van der Waals surface area contributed by atoms with Gasteiger partial charge >= 0.3 is 0 Å². The fourth-order valence-electron chi connectivity index (χ4n) is 3.44. The maximum absolute atomic E-state index is 13.7. The number of nitrogens with one attached hydrogen (secondary N) is 2. The van der Waals surface area contributed by atoms with E-state index in [9.17, 15) is 13.6 Å². The van der Waals surface area contributed by atoms with Crippen LogP contribution in [-0.2, 0) is 12.8 Å². The van der Waals surface area contributed by atoms with E-state index in [2.05, 4.69) is 16.4 Å². The molecule has 0 saturated carbocycles.